The SMILES string of the molecule is CC(C)C(CN(C)CC(=O)O)C(C)C. The quantitative estimate of drug-likeness (QED) is 0.714. The van der Waals surface area contributed by atoms with Crippen molar-refractivity contribution in [3.05, 3.63) is 0 Å². The van der Waals surface area contributed by atoms with E-state index in [0.717, 1.165) is 6.54 Å². The Kier molecular flexibility index (Phi) is 5.77. The first kappa shape index (κ1) is 13.4. The molecule has 0 rings (SSSR count). The standard InChI is InChI=1S/C11H23NO2/c1-8(2)10(9(3)4)6-12(5)7-11(13)14/h8-10H,6-7H2,1-5H3,(H,13,14). The molecule has 1 N–H and O–H groups in total. The van der Waals surface area contributed by atoms with Gasteiger partial charge in [0.1, 0.15) is 0 Å². The van der Waals surface area contributed by atoms with Crippen molar-refractivity contribution in [2.45, 2.75) is 27.7 Å². The van der Waals surface area contributed by atoms with Crippen molar-refractivity contribution in [3.8, 4) is 0 Å². The fourth-order valence-corrected chi connectivity index (χ4v) is 1.85. The monoisotopic (exact) mass is 201 g/mol. The van der Waals surface area contributed by atoms with Crippen LogP contribution in [0.5, 0.6) is 0 Å². The molecule has 0 saturated heterocycles. The van der Waals surface area contributed by atoms with Crippen molar-refractivity contribution < 1.29 is 9.90 Å². The maximum atomic E-state index is 10.5. The maximum Gasteiger partial charge on any atom is 0.317 e. The molecular weight excluding hydrogens is 178 g/mol. The van der Waals surface area contributed by atoms with Gasteiger partial charge in [-0.15, -0.1) is 0 Å². The topological polar surface area (TPSA) is 40.5 Å². The van der Waals surface area contributed by atoms with Gasteiger partial charge in [-0.25, -0.2) is 0 Å². The van der Waals surface area contributed by atoms with E-state index in [1.807, 2.05) is 11.9 Å². The number of carboxylic acids is 1. The smallest absolute Gasteiger partial charge is 0.317 e. The van der Waals surface area contributed by atoms with E-state index in [9.17, 15) is 4.79 Å². The minimum absolute atomic E-state index is 0.135. The van der Waals surface area contributed by atoms with E-state index in [1.54, 1.807) is 0 Å². The molecule has 0 fully saturated rings. The normalized spacial score (nSPS) is 12.1. The van der Waals surface area contributed by atoms with Crippen LogP contribution in [0.1, 0.15) is 27.7 Å². The molecule has 0 bridgehead atoms. The summed E-state index contributed by atoms with van der Waals surface area (Å²) in [5.74, 6) is 1.02. The van der Waals surface area contributed by atoms with Crippen molar-refractivity contribution in [2.24, 2.45) is 17.8 Å². The van der Waals surface area contributed by atoms with Gasteiger partial charge in [0, 0.05) is 6.54 Å². The predicted molar refractivity (Wildman–Crippen MR) is 58.3 cm³/mol. The first-order chi connectivity index (χ1) is 6.34. The Morgan fingerprint density at radius 1 is 1.21 bits per heavy atom. The van der Waals surface area contributed by atoms with E-state index in [0.29, 0.717) is 17.8 Å². The Morgan fingerprint density at radius 3 is 1.93 bits per heavy atom. The predicted octanol–water partition coefficient (Wildman–Crippen LogP) is 1.93. The third kappa shape index (κ3) is 5.22. The summed E-state index contributed by atoms with van der Waals surface area (Å²) in [4.78, 5) is 12.4. The fraction of sp³-hybridized carbons (Fsp3) is 0.909. The van der Waals surface area contributed by atoms with Crippen molar-refractivity contribution in [1.29, 1.82) is 0 Å². The van der Waals surface area contributed by atoms with E-state index in [1.165, 1.54) is 0 Å². The molecule has 0 aromatic carbocycles. The molecule has 0 aromatic heterocycles. The molecule has 0 spiro atoms. The van der Waals surface area contributed by atoms with Crippen LogP contribution in [-0.2, 0) is 4.79 Å². The molecule has 0 aliphatic heterocycles. The second-order valence-electron chi connectivity index (χ2n) is 4.74. The molecule has 0 aliphatic carbocycles. The molecular formula is C11H23NO2. The Balaban J connectivity index is 4.09. The van der Waals surface area contributed by atoms with Crippen LogP contribution in [0.4, 0.5) is 0 Å². The zero-order valence-corrected chi connectivity index (χ0v) is 9.95. The van der Waals surface area contributed by atoms with Crippen LogP contribution in [0, 0.1) is 17.8 Å². The van der Waals surface area contributed by atoms with Gasteiger partial charge in [-0.05, 0) is 24.8 Å². The van der Waals surface area contributed by atoms with Crippen molar-refractivity contribution in [3.63, 3.8) is 0 Å². The molecule has 0 unspecified atom stereocenters. The van der Waals surface area contributed by atoms with E-state index < -0.39 is 5.97 Å². The lowest BCUT2D eigenvalue weighted by Crippen LogP contribution is -2.34. The van der Waals surface area contributed by atoms with Gasteiger partial charge in [-0.2, -0.15) is 0 Å². The van der Waals surface area contributed by atoms with Crippen molar-refractivity contribution in [1.82, 2.24) is 4.90 Å². The summed E-state index contributed by atoms with van der Waals surface area (Å²) < 4.78 is 0. The molecule has 0 saturated carbocycles. The van der Waals surface area contributed by atoms with Crippen LogP contribution in [0.2, 0.25) is 0 Å². The minimum Gasteiger partial charge on any atom is -0.480 e. The first-order valence-electron chi connectivity index (χ1n) is 5.25. The Hall–Kier alpha value is -0.570. The van der Waals surface area contributed by atoms with E-state index in [4.69, 9.17) is 5.11 Å². The number of rotatable bonds is 6. The highest BCUT2D eigenvalue weighted by Crippen LogP contribution is 2.20. The summed E-state index contributed by atoms with van der Waals surface area (Å²) in [5.41, 5.74) is 0. The lowest BCUT2D eigenvalue weighted by Gasteiger charge is -2.29. The maximum absolute atomic E-state index is 10.5. The Morgan fingerprint density at radius 2 is 1.64 bits per heavy atom. The van der Waals surface area contributed by atoms with Gasteiger partial charge in [0.05, 0.1) is 6.54 Å². The van der Waals surface area contributed by atoms with Crippen LogP contribution in [0.25, 0.3) is 0 Å². The van der Waals surface area contributed by atoms with Gasteiger partial charge in [0.25, 0.3) is 0 Å². The molecule has 0 amide bonds. The van der Waals surface area contributed by atoms with Crippen molar-refractivity contribution in [2.75, 3.05) is 20.1 Å². The largest absolute Gasteiger partial charge is 0.480 e. The van der Waals surface area contributed by atoms with Gasteiger partial charge in [-0.1, -0.05) is 27.7 Å². The Labute approximate surface area is 87.1 Å². The highest BCUT2D eigenvalue weighted by atomic mass is 16.4. The second kappa shape index (κ2) is 6.02. The summed E-state index contributed by atoms with van der Waals surface area (Å²) in [7, 11) is 1.87. The van der Waals surface area contributed by atoms with Crippen LogP contribution < -0.4 is 0 Å². The average molecular weight is 201 g/mol. The zero-order chi connectivity index (χ0) is 11.3. The zero-order valence-electron chi connectivity index (χ0n) is 9.95. The number of carbonyl (C=O) groups is 1. The van der Waals surface area contributed by atoms with Gasteiger partial charge in [0.2, 0.25) is 0 Å². The van der Waals surface area contributed by atoms with E-state index >= 15 is 0 Å². The molecule has 0 atom stereocenters. The van der Waals surface area contributed by atoms with Gasteiger partial charge >= 0.3 is 5.97 Å². The molecule has 0 aromatic rings. The molecule has 14 heavy (non-hydrogen) atoms. The number of nitrogens with zero attached hydrogens (tertiary/aromatic N) is 1. The van der Waals surface area contributed by atoms with Crippen LogP contribution in [0.3, 0.4) is 0 Å². The third-order valence-electron chi connectivity index (χ3n) is 2.64. The molecule has 84 valence electrons. The third-order valence-corrected chi connectivity index (χ3v) is 2.64. The second-order valence-corrected chi connectivity index (χ2v) is 4.74. The molecule has 3 nitrogen and oxygen atoms in total. The van der Waals surface area contributed by atoms with Gasteiger partial charge in [-0.3, -0.25) is 9.69 Å². The minimum atomic E-state index is -0.751. The van der Waals surface area contributed by atoms with E-state index in [2.05, 4.69) is 27.7 Å². The lowest BCUT2D eigenvalue weighted by atomic mass is 9.85. The fourth-order valence-electron chi connectivity index (χ4n) is 1.85. The summed E-state index contributed by atoms with van der Waals surface area (Å²) in [6.07, 6.45) is 0. The average Bonchev–Trinajstić information content (AvgIpc) is 1.97. The first-order valence-corrected chi connectivity index (χ1v) is 5.25. The lowest BCUT2D eigenvalue weighted by molar-refractivity contribution is -0.138. The number of likely N-dealkylation sites (N-methyl/N-ethyl adjacent to an activating group) is 1. The summed E-state index contributed by atoms with van der Waals surface area (Å²) >= 11 is 0. The van der Waals surface area contributed by atoms with E-state index in [-0.39, 0.29) is 6.54 Å². The number of aliphatic carboxylic acids is 1. The summed E-state index contributed by atoms with van der Waals surface area (Å²) in [6, 6.07) is 0. The molecule has 3 heteroatoms. The van der Waals surface area contributed by atoms with Crippen LogP contribution in [0.15, 0.2) is 0 Å². The summed E-state index contributed by atoms with van der Waals surface area (Å²) in [6.45, 7) is 9.77. The summed E-state index contributed by atoms with van der Waals surface area (Å²) in [5, 5.41) is 8.63. The molecule has 0 heterocycles. The van der Waals surface area contributed by atoms with Crippen LogP contribution in [-0.4, -0.2) is 36.1 Å². The number of carboxylic acid groups (broad SMARTS) is 1. The van der Waals surface area contributed by atoms with Gasteiger partial charge in [0.15, 0.2) is 0 Å². The molecule has 0 radical (unpaired) electrons. The molecule has 0 aliphatic rings. The number of hydrogen-bond acceptors (Lipinski definition) is 2. The van der Waals surface area contributed by atoms with Crippen molar-refractivity contribution >= 4 is 5.97 Å². The number of hydrogen-bond donors (Lipinski definition) is 1. The highest BCUT2D eigenvalue weighted by molar-refractivity contribution is 5.68. The highest BCUT2D eigenvalue weighted by Gasteiger charge is 2.19. The van der Waals surface area contributed by atoms with Crippen LogP contribution >= 0.6 is 0 Å². The Bertz CT molecular complexity index is 170. The van der Waals surface area contributed by atoms with Gasteiger partial charge < -0.3 is 5.11 Å².